The number of carbonyl (C=O) groups excluding carboxylic acids is 1. The summed E-state index contributed by atoms with van der Waals surface area (Å²) < 4.78 is 8.23. The van der Waals surface area contributed by atoms with Crippen LogP contribution in [0, 0.1) is 0 Å². The lowest BCUT2D eigenvalue weighted by Gasteiger charge is -2.13. The summed E-state index contributed by atoms with van der Waals surface area (Å²) in [4.78, 5) is 16.7. The van der Waals surface area contributed by atoms with E-state index in [9.17, 15) is 4.79 Å². The maximum Gasteiger partial charge on any atom is 0.323 e. The SMILES string of the molecule is COc1ccc(Br)cc1NC(=O)Nc1cccc2c1ccn2Cc1ccncc1Cl. The molecule has 0 saturated carbocycles. The molecule has 0 aliphatic rings. The second kappa shape index (κ2) is 8.77. The molecule has 0 fully saturated rings. The summed E-state index contributed by atoms with van der Waals surface area (Å²) in [6.45, 7) is 0.607. The fourth-order valence-electron chi connectivity index (χ4n) is 3.24. The number of pyridine rings is 1. The molecule has 0 radical (unpaired) electrons. The molecular weight excluding hydrogens is 468 g/mol. The number of halogens is 2. The Kier molecular flexibility index (Phi) is 5.92. The molecule has 0 spiro atoms. The van der Waals surface area contributed by atoms with E-state index in [0.717, 1.165) is 20.9 Å². The van der Waals surface area contributed by atoms with Gasteiger partial charge in [-0.15, -0.1) is 0 Å². The van der Waals surface area contributed by atoms with Gasteiger partial charge in [0.2, 0.25) is 0 Å². The zero-order chi connectivity index (χ0) is 21.1. The van der Waals surface area contributed by atoms with Gasteiger partial charge in [0.15, 0.2) is 0 Å². The highest BCUT2D eigenvalue weighted by molar-refractivity contribution is 9.10. The molecule has 2 heterocycles. The molecule has 30 heavy (non-hydrogen) atoms. The molecule has 2 aromatic heterocycles. The second-order valence-electron chi connectivity index (χ2n) is 6.57. The maximum atomic E-state index is 12.6. The number of hydrogen-bond donors (Lipinski definition) is 2. The second-order valence-corrected chi connectivity index (χ2v) is 7.90. The zero-order valence-electron chi connectivity index (χ0n) is 16.0. The summed E-state index contributed by atoms with van der Waals surface area (Å²) in [7, 11) is 1.56. The van der Waals surface area contributed by atoms with Gasteiger partial charge >= 0.3 is 6.03 Å². The van der Waals surface area contributed by atoms with E-state index in [4.69, 9.17) is 16.3 Å². The van der Waals surface area contributed by atoms with Crippen LogP contribution >= 0.6 is 27.5 Å². The third kappa shape index (κ3) is 4.27. The highest BCUT2D eigenvalue weighted by Gasteiger charge is 2.12. The number of benzene rings is 2. The minimum atomic E-state index is -0.358. The van der Waals surface area contributed by atoms with E-state index in [2.05, 4.69) is 36.1 Å². The molecule has 2 N–H and O–H groups in total. The number of anilines is 2. The van der Waals surface area contributed by atoms with E-state index in [-0.39, 0.29) is 6.03 Å². The highest BCUT2D eigenvalue weighted by Crippen LogP contribution is 2.29. The zero-order valence-corrected chi connectivity index (χ0v) is 18.4. The number of amides is 2. The molecule has 6 nitrogen and oxygen atoms in total. The van der Waals surface area contributed by atoms with Gasteiger partial charge in [0, 0.05) is 35.0 Å². The van der Waals surface area contributed by atoms with E-state index < -0.39 is 0 Å². The van der Waals surface area contributed by atoms with E-state index >= 15 is 0 Å². The van der Waals surface area contributed by atoms with Crippen molar-refractivity contribution in [2.45, 2.75) is 6.54 Å². The Labute approximate surface area is 187 Å². The average molecular weight is 486 g/mol. The number of rotatable bonds is 5. The molecule has 2 aromatic carbocycles. The Morgan fingerprint density at radius 1 is 1.17 bits per heavy atom. The Morgan fingerprint density at radius 2 is 2.00 bits per heavy atom. The monoisotopic (exact) mass is 484 g/mol. The summed E-state index contributed by atoms with van der Waals surface area (Å²) in [6.07, 6.45) is 5.33. The molecule has 0 saturated heterocycles. The Bertz CT molecular complexity index is 1220. The van der Waals surface area contributed by atoms with Gasteiger partial charge in [-0.25, -0.2) is 4.79 Å². The van der Waals surface area contributed by atoms with Crippen LogP contribution in [0.2, 0.25) is 5.02 Å². The van der Waals surface area contributed by atoms with Gasteiger partial charge in [0.1, 0.15) is 5.75 Å². The summed E-state index contributed by atoms with van der Waals surface area (Å²) in [5, 5.41) is 7.31. The number of carbonyl (C=O) groups is 1. The van der Waals surface area contributed by atoms with Gasteiger partial charge in [-0.2, -0.15) is 0 Å². The van der Waals surface area contributed by atoms with Gasteiger partial charge in [-0.05, 0) is 48.0 Å². The van der Waals surface area contributed by atoms with Crippen LogP contribution in [0.1, 0.15) is 5.56 Å². The van der Waals surface area contributed by atoms with Crippen molar-refractivity contribution in [2.75, 3.05) is 17.7 Å². The van der Waals surface area contributed by atoms with Crippen molar-refractivity contribution in [2.24, 2.45) is 0 Å². The summed E-state index contributed by atoms with van der Waals surface area (Å²) in [6, 6.07) is 14.7. The number of urea groups is 1. The van der Waals surface area contributed by atoms with Crippen molar-refractivity contribution < 1.29 is 9.53 Å². The lowest BCUT2D eigenvalue weighted by atomic mass is 10.2. The van der Waals surface area contributed by atoms with Gasteiger partial charge in [0.05, 0.1) is 29.0 Å². The lowest BCUT2D eigenvalue weighted by Crippen LogP contribution is -2.20. The fraction of sp³-hybridized carbons (Fsp3) is 0.0909. The van der Waals surface area contributed by atoms with E-state index in [1.807, 2.05) is 42.6 Å². The molecule has 8 heteroatoms. The quantitative estimate of drug-likeness (QED) is 0.356. The average Bonchev–Trinajstić information content (AvgIpc) is 3.14. The van der Waals surface area contributed by atoms with Crippen LogP contribution < -0.4 is 15.4 Å². The topological polar surface area (TPSA) is 68.2 Å². The minimum absolute atomic E-state index is 0.358. The van der Waals surface area contributed by atoms with Crippen LogP contribution in [0.25, 0.3) is 10.9 Å². The molecule has 0 aliphatic heterocycles. The molecule has 0 atom stereocenters. The van der Waals surface area contributed by atoms with Crippen LogP contribution in [0.4, 0.5) is 16.2 Å². The van der Waals surface area contributed by atoms with Crippen LogP contribution in [0.5, 0.6) is 5.75 Å². The molecule has 4 rings (SSSR count). The third-order valence-electron chi connectivity index (χ3n) is 4.67. The number of fused-ring (bicyclic) bond motifs is 1. The summed E-state index contributed by atoms with van der Waals surface area (Å²) in [5.41, 5.74) is 3.24. The van der Waals surface area contributed by atoms with E-state index in [1.165, 1.54) is 0 Å². The first-order valence-corrected chi connectivity index (χ1v) is 10.3. The lowest BCUT2D eigenvalue weighted by molar-refractivity contribution is 0.262. The number of aromatic nitrogens is 2. The fourth-order valence-corrected chi connectivity index (χ4v) is 3.78. The first-order valence-electron chi connectivity index (χ1n) is 9.13. The van der Waals surface area contributed by atoms with Crippen molar-refractivity contribution in [3.63, 3.8) is 0 Å². The number of ether oxygens (including phenoxy) is 1. The van der Waals surface area contributed by atoms with Gasteiger partial charge in [0.25, 0.3) is 0 Å². The highest BCUT2D eigenvalue weighted by atomic mass is 79.9. The van der Waals surface area contributed by atoms with Crippen LogP contribution in [-0.4, -0.2) is 22.7 Å². The Hall–Kier alpha value is -3.03. The summed E-state index contributed by atoms with van der Waals surface area (Å²) in [5.74, 6) is 0.576. The first kappa shape index (κ1) is 20.3. The van der Waals surface area contributed by atoms with Gasteiger partial charge in [-0.1, -0.05) is 33.6 Å². The Morgan fingerprint density at radius 3 is 2.80 bits per heavy atom. The predicted molar refractivity (Wildman–Crippen MR) is 124 cm³/mol. The number of nitrogens with one attached hydrogen (secondary N) is 2. The molecule has 0 bridgehead atoms. The predicted octanol–water partition coefficient (Wildman–Crippen LogP) is 6.15. The van der Waals surface area contributed by atoms with Gasteiger partial charge < -0.3 is 19.9 Å². The van der Waals surface area contributed by atoms with Crippen LogP contribution in [-0.2, 0) is 6.54 Å². The van der Waals surface area contributed by atoms with E-state index in [1.54, 1.807) is 31.6 Å². The number of hydrogen-bond acceptors (Lipinski definition) is 3. The standard InChI is InChI=1S/C22H18BrClN4O2/c1-30-21-6-5-15(23)11-19(21)27-22(29)26-18-3-2-4-20-16(18)8-10-28(20)13-14-7-9-25-12-17(14)24/h2-12H,13H2,1H3,(H2,26,27,29). The molecule has 2 amide bonds. The molecule has 152 valence electrons. The molecule has 0 unspecified atom stereocenters. The number of methoxy groups -OCH3 is 1. The Balaban J connectivity index is 1.57. The van der Waals surface area contributed by atoms with Crippen molar-refractivity contribution in [3.05, 3.63) is 82.2 Å². The largest absolute Gasteiger partial charge is 0.495 e. The van der Waals surface area contributed by atoms with E-state index in [0.29, 0.717) is 28.7 Å². The van der Waals surface area contributed by atoms with Gasteiger partial charge in [-0.3, -0.25) is 4.98 Å². The maximum absolute atomic E-state index is 12.6. The normalized spacial score (nSPS) is 10.8. The summed E-state index contributed by atoms with van der Waals surface area (Å²) >= 11 is 9.66. The van der Waals surface area contributed by atoms with Crippen molar-refractivity contribution in [3.8, 4) is 5.75 Å². The third-order valence-corrected chi connectivity index (χ3v) is 5.50. The van der Waals surface area contributed by atoms with Crippen LogP contribution in [0.3, 0.4) is 0 Å². The van der Waals surface area contributed by atoms with Crippen molar-refractivity contribution in [1.82, 2.24) is 9.55 Å². The molecular formula is C22H18BrClN4O2. The first-order chi connectivity index (χ1) is 14.5. The number of nitrogens with zero attached hydrogens (tertiary/aromatic N) is 2. The molecule has 4 aromatic rings. The van der Waals surface area contributed by atoms with Crippen molar-refractivity contribution in [1.29, 1.82) is 0 Å². The molecule has 0 aliphatic carbocycles. The smallest absolute Gasteiger partial charge is 0.323 e. The van der Waals surface area contributed by atoms with Crippen molar-refractivity contribution >= 4 is 55.8 Å². The minimum Gasteiger partial charge on any atom is -0.495 e. The van der Waals surface area contributed by atoms with Crippen LogP contribution in [0.15, 0.2) is 71.6 Å².